The molecule has 0 spiro atoms. The van der Waals surface area contributed by atoms with E-state index < -0.39 is 0 Å². The lowest BCUT2D eigenvalue weighted by molar-refractivity contribution is -0.115. The minimum absolute atomic E-state index is 0.135. The summed E-state index contributed by atoms with van der Waals surface area (Å²) in [5.74, 6) is 0.649. The van der Waals surface area contributed by atoms with Gasteiger partial charge in [0.1, 0.15) is 12.4 Å². The van der Waals surface area contributed by atoms with Crippen molar-refractivity contribution >= 4 is 50.5 Å². The Labute approximate surface area is 194 Å². The van der Waals surface area contributed by atoms with Crippen LogP contribution in [0, 0.1) is 0 Å². The van der Waals surface area contributed by atoms with Gasteiger partial charge in [-0.3, -0.25) is 4.79 Å². The van der Waals surface area contributed by atoms with Gasteiger partial charge in [0.25, 0.3) is 5.91 Å². The summed E-state index contributed by atoms with van der Waals surface area (Å²) in [7, 11) is 0. The fourth-order valence-electron chi connectivity index (χ4n) is 2.96. The molecule has 1 N–H and O–H groups in total. The van der Waals surface area contributed by atoms with E-state index in [1.165, 1.54) is 17.3 Å². The average Bonchev–Trinajstić information content (AvgIpc) is 3.13. The first-order chi connectivity index (χ1) is 15.1. The van der Waals surface area contributed by atoms with Crippen LogP contribution in [0.15, 0.2) is 87.2 Å². The van der Waals surface area contributed by atoms with Gasteiger partial charge < -0.3 is 10.1 Å². The lowest BCUT2D eigenvalue weighted by Crippen LogP contribution is -2.19. The Hall–Kier alpha value is -2.83. The molecule has 0 bridgehead atoms. The molecule has 4 rings (SSSR count). The van der Waals surface area contributed by atoms with Crippen LogP contribution in [-0.2, 0) is 17.8 Å². The number of halogens is 1. The molecule has 156 valence electrons. The SMILES string of the molecule is CCc1ccc(N=C2NC(=O)C(=Cc3ccc(OCc4ccc(Br)cc4)cc3)S2)cc1. The number of hydrogen-bond acceptors (Lipinski definition) is 4. The molecule has 0 radical (unpaired) electrons. The molecule has 1 aliphatic heterocycles. The minimum atomic E-state index is -0.135. The van der Waals surface area contributed by atoms with E-state index in [1.807, 2.05) is 66.7 Å². The minimum Gasteiger partial charge on any atom is -0.489 e. The molecule has 4 nitrogen and oxygen atoms in total. The number of carbonyl (C=O) groups is 1. The Kier molecular flexibility index (Phi) is 6.89. The molecule has 1 saturated heterocycles. The van der Waals surface area contributed by atoms with Crippen LogP contribution in [0.4, 0.5) is 5.69 Å². The highest BCUT2D eigenvalue weighted by atomic mass is 79.9. The van der Waals surface area contributed by atoms with Crippen LogP contribution < -0.4 is 10.1 Å². The summed E-state index contributed by atoms with van der Waals surface area (Å²) in [6.45, 7) is 2.62. The first-order valence-electron chi connectivity index (χ1n) is 9.95. The molecule has 3 aromatic carbocycles. The zero-order valence-corrected chi connectivity index (χ0v) is 19.4. The second kappa shape index (κ2) is 9.98. The summed E-state index contributed by atoms with van der Waals surface area (Å²) in [6, 6.07) is 23.8. The van der Waals surface area contributed by atoms with E-state index in [9.17, 15) is 4.79 Å². The van der Waals surface area contributed by atoms with Crippen LogP contribution in [0.3, 0.4) is 0 Å². The number of ether oxygens (including phenoxy) is 1. The van der Waals surface area contributed by atoms with Crippen molar-refractivity contribution in [3.8, 4) is 5.75 Å². The fourth-order valence-corrected chi connectivity index (χ4v) is 4.07. The molecule has 6 heteroatoms. The highest BCUT2D eigenvalue weighted by Crippen LogP contribution is 2.28. The van der Waals surface area contributed by atoms with Crippen molar-refractivity contribution in [1.29, 1.82) is 0 Å². The number of aryl methyl sites for hydroxylation is 1. The molecule has 0 aliphatic carbocycles. The molecule has 0 unspecified atom stereocenters. The van der Waals surface area contributed by atoms with Crippen LogP contribution in [-0.4, -0.2) is 11.1 Å². The van der Waals surface area contributed by atoms with Crippen molar-refractivity contribution in [2.75, 3.05) is 0 Å². The highest BCUT2D eigenvalue weighted by Gasteiger charge is 2.23. The van der Waals surface area contributed by atoms with Crippen LogP contribution in [0.5, 0.6) is 5.75 Å². The normalized spacial score (nSPS) is 16.0. The van der Waals surface area contributed by atoms with Gasteiger partial charge in [-0.05, 0) is 77.3 Å². The van der Waals surface area contributed by atoms with Crippen LogP contribution in [0.25, 0.3) is 6.08 Å². The summed E-state index contributed by atoms with van der Waals surface area (Å²) in [5, 5.41) is 3.43. The van der Waals surface area contributed by atoms with Gasteiger partial charge in [0, 0.05) is 4.47 Å². The number of nitrogens with zero attached hydrogens (tertiary/aromatic N) is 1. The summed E-state index contributed by atoms with van der Waals surface area (Å²) < 4.78 is 6.88. The smallest absolute Gasteiger partial charge is 0.264 e. The lowest BCUT2D eigenvalue weighted by atomic mass is 10.2. The first-order valence-corrected chi connectivity index (χ1v) is 11.6. The van der Waals surface area contributed by atoms with Crippen LogP contribution in [0.1, 0.15) is 23.6 Å². The number of aliphatic imine (C=N–C) groups is 1. The summed E-state index contributed by atoms with van der Waals surface area (Å²) in [5.41, 5.74) is 4.12. The Bertz CT molecular complexity index is 1120. The third-order valence-electron chi connectivity index (χ3n) is 4.72. The van der Waals surface area contributed by atoms with Gasteiger partial charge >= 0.3 is 0 Å². The zero-order valence-electron chi connectivity index (χ0n) is 17.0. The standard InChI is InChI=1S/C25H21BrN2O2S/c1-2-17-5-11-21(12-6-17)27-25-28-24(29)23(31-25)15-18-7-13-22(14-8-18)30-16-19-3-9-20(26)10-4-19/h3-15H,2,16H2,1H3,(H,27,28,29). The van der Waals surface area contributed by atoms with Gasteiger partial charge in [0.2, 0.25) is 0 Å². The predicted octanol–water partition coefficient (Wildman–Crippen LogP) is 6.48. The van der Waals surface area contributed by atoms with E-state index in [0.29, 0.717) is 16.7 Å². The molecule has 1 heterocycles. The number of hydrogen-bond donors (Lipinski definition) is 1. The highest BCUT2D eigenvalue weighted by molar-refractivity contribution is 9.10. The van der Waals surface area contributed by atoms with E-state index in [1.54, 1.807) is 0 Å². The average molecular weight is 493 g/mol. The number of amides is 1. The number of amidine groups is 1. The van der Waals surface area contributed by atoms with E-state index in [0.717, 1.165) is 33.5 Å². The lowest BCUT2D eigenvalue weighted by Gasteiger charge is -2.07. The van der Waals surface area contributed by atoms with Gasteiger partial charge in [-0.1, -0.05) is 59.3 Å². The van der Waals surface area contributed by atoms with Gasteiger partial charge in [-0.2, -0.15) is 0 Å². The zero-order chi connectivity index (χ0) is 21.6. The number of benzene rings is 3. The van der Waals surface area contributed by atoms with Crippen molar-refractivity contribution in [3.05, 3.63) is 98.9 Å². The topological polar surface area (TPSA) is 50.7 Å². The number of nitrogens with one attached hydrogen (secondary N) is 1. The first kappa shape index (κ1) is 21.4. The number of thioether (sulfide) groups is 1. The predicted molar refractivity (Wildman–Crippen MR) is 132 cm³/mol. The second-order valence-electron chi connectivity index (χ2n) is 6.99. The molecule has 31 heavy (non-hydrogen) atoms. The molecular weight excluding hydrogens is 472 g/mol. The number of carbonyl (C=O) groups excluding carboxylic acids is 1. The van der Waals surface area contributed by atoms with Crippen molar-refractivity contribution in [3.63, 3.8) is 0 Å². The molecular formula is C25H21BrN2O2S. The maximum absolute atomic E-state index is 12.3. The third kappa shape index (κ3) is 5.87. The Morgan fingerprint density at radius 1 is 0.968 bits per heavy atom. The van der Waals surface area contributed by atoms with E-state index in [4.69, 9.17) is 4.74 Å². The van der Waals surface area contributed by atoms with Crippen molar-refractivity contribution in [2.45, 2.75) is 20.0 Å². The second-order valence-corrected chi connectivity index (χ2v) is 8.93. The molecule has 1 aliphatic rings. The Morgan fingerprint density at radius 2 is 1.65 bits per heavy atom. The van der Waals surface area contributed by atoms with Gasteiger partial charge in [-0.25, -0.2) is 4.99 Å². The quantitative estimate of drug-likeness (QED) is 0.400. The molecule has 0 saturated carbocycles. The largest absolute Gasteiger partial charge is 0.489 e. The molecule has 3 aromatic rings. The van der Waals surface area contributed by atoms with Crippen LogP contribution in [0.2, 0.25) is 0 Å². The van der Waals surface area contributed by atoms with Crippen molar-refractivity contribution in [2.24, 2.45) is 4.99 Å². The van der Waals surface area contributed by atoms with Gasteiger partial charge in [-0.15, -0.1) is 0 Å². The summed E-state index contributed by atoms with van der Waals surface area (Å²) in [4.78, 5) is 17.5. The Balaban J connectivity index is 1.39. The summed E-state index contributed by atoms with van der Waals surface area (Å²) >= 11 is 4.78. The van der Waals surface area contributed by atoms with Gasteiger partial charge in [0.05, 0.1) is 10.6 Å². The maximum atomic E-state index is 12.3. The molecule has 1 fully saturated rings. The Morgan fingerprint density at radius 3 is 2.32 bits per heavy atom. The van der Waals surface area contributed by atoms with Crippen LogP contribution >= 0.6 is 27.7 Å². The van der Waals surface area contributed by atoms with E-state index in [-0.39, 0.29) is 5.91 Å². The van der Waals surface area contributed by atoms with Crippen molar-refractivity contribution in [1.82, 2.24) is 5.32 Å². The maximum Gasteiger partial charge on any atom is 0.264 e. The monoisotopic (exact) mass is 492 g/mol. The molecule has 0 atom stereocenters. The third-order valence-corrected chi connectivity index (χ3v) is 6.16. The summed E-state index contributed by atoms with van der Waals surface area (Å²) in [6.07, 6.45) is 2.85. The van der Waals surface area contributed by atoms with Gasteiger partial charge in [0.15, 0.2) is 5.17 Å². The van der Waals surface area contributed by atoms with E-state index >= 15 is 0 Å². The fraction of sp³-hybridized carbons (Fsp3) is 0.120. The molecule has 0 aromatic heterocycles. The number of rotatable bonds is 6. The molecule has 1 amide bonds. The van der Waals surface area contributed by atoms with E-state index in [2.05, 4.69) is 45.3 Å². The van der Waals surface area contributed by atoms with Crippen molar-refractivity contribution < 1.29 is 9.53 Å².